The van der Waals surface area contributed by atoms with Crippen LogP contribution in [0, 0.1) is 6.92 Å². The second kappa shape index (κ2) is 8.17. The summed E-state index contributed by atoms with van der Waals surface area (Å²) in [4.78, 5) is 48.5. The summed E-state index contributed by atoms with van der Waals surface area (Å²) in [6, 6.07) is 6.90. The minimum atomic E-state index is -0.656. The summed E-state index contributed by atoms with van der Waals surface area (Å²) in [5.41, 5.74) is 2.00. The Bertz CT molecular complexity index is 916. The maximum absolute atomic E-state index is 11.9. The standard InChI is InChI=1S/C18H19N3O5S/c1-12-11-27-18(25)21(12)9-17(24)26-10-15(22)19-13-4-6-14(7-5-13)20-8-2-3-16(20)23/h4-7,11H,2-3,8-10H2,1H3,(H,19,22). The normalized spacial score (nSPS) is 13.7. The number of carbonyl (C=O) groups excluding carboxylic acids is 3. The number of hydrogen-bond acceptors (Lipinski definition) is 6. The number of benzene rings is 1. The van der Waals surface area contributed by atoms with E-state index in [4.69, 9.17) is 4.74 Å². The minimum Gasteiger partial charge on any atom is -0.454 e. The number of aryl methyl sites for hydroxylation is 1. The Hall–Kier alpha value is -2.94. The smallest absolute Gasteiger partial charge is 0.326 e. The summed E-state index contributed by atoms with van der Waals surface area (Å²) in [7, 11) is 0. The first kappa shape index (κ1) is 18.8. The molecule has 0 spiro atoms. The van der Waals surface area contributed by atoms with Crippen LogP contribution < -0.4 is 15.1 Å². The van der Waals surface area contributed by atoms with Gasteiger partial charge in [-0.2, -0.15) is 0 Å². The van der Waals surface area contributed by atoms with Crippen LogP contribution in [0.4, 0.5) is 11.4 Å². The van der Waals surface area contributed by atoms with Gasteiger partial charge in [-0.25, -0.2) is 0 Å². The summed E-state index contributed by atoms with van der Waals surface area (Å²) in [5, 5.41) is 4.28. The molecule has 1 aromatic carbocycles. The molecule has 142 valence electrons. The van der Waals surface area contributed by atoms with Crippen LogP contribution in [0.15, 0.2) is 34.4 Å². The molecule has 2 heterocycles. The van der Waals surface area contributed by atoms with Gasteiger partial charge in [0.15, 0.2) is 6.61 Å². The number of anilines is 2. The lowest BCUT2D eigenvalue weighted by atomic mass is 10.2. The zero-order valence-electron chi connectivity index (χ0n) is 14.8. The molecule has 1 N–H and O–H groups in total. The van der Waals surface area contributed by atoms with Crippen molar-refractivity contribution in [3.8, 4) is 0 Å². The Morgan fingerprint density at radius 2 is 1.96 bits per heavy atom. The first-order chi connectivity index (χ1) is 12.9. The molecule has 2 amide bonds. The lowest BCUT2D eigenvalue weighted by Crippen LogP contribution is -2.26. The summed E-state index contributed by atoms with van der Waals surface area (Å²) in [5.74, 6) is -1.04. The lowest BCUT2D eigenvalue weighted by molar-refractivity contribution is -0.147. The van der Waals surface area contributed by atoms with Gasteiger partial charge in [-0.15, -0.1) is 0 Å². The van der Waals surface area contributed by atoms with Crippen LogP contribution in [-0.4, -0.2) is 35.5 Å². The molecule has 0 saturated carbocycles. The molecular formula is C18H19N3O5S. The van der Waals surface area contributed by atoms with Gasteiger partial charge in [-0.05, 0) is 37.6 Å². The van der Waals surface area contributed by atoms with E-state index in [9.17, 15) is 19.2 Å². The van der Waals surface area contributed by atoms with Crippen LogP contribution in [-0.2, 0) is 25.7 Å². The number of nitrogens with one attached hydrogen (secondary N) is 1. The molecular weight excluding hydrogens is 370 g/mol. The predicted octanol–water partition coefficient (Wildman–Crippen LogP) is 1.53. The number of thiazole rings is 1. The molecule has 3 rings (SSSR count). The summed E-state index contributed by atoms with van der Waals surface area (Å²) in [6.07, 6.45) is 1.40. The highest BCUT2D eigenvalue weighted by Crippen LogP contribution is 2.22. The van der Waals surface area contributed by atoms with E-state index in [0.717, 1.165) is 23.4 Å². The van der Waals surface area contributed by atoms with Crippen molar-refractivity contribution >= 4 is 40.5 Å². The second-order valence-corrected chi connectivity index (χ2v) is 6.95. The maximum atomic E-state index is 11.9. The number of amides is 2. The van der Waals surface area contributed by atoms with Crippen molar-refractivity contribution in [1.29, 1.82) is 0 Å². The van der Waals surface area contributed by atoms with Crippen molar-refractivity contribution in [2.24, 2.45) is 0 Å². The molecule has 1 aliphatic heterocycles. The van der Waals surface area contributed by atoms with Crippen molar-refractivity contribution < 1.29 is 19.1 Å². The fourth-order valence-corrected chi connectivity index (χ4v) is 3.49. The molecule has 9 heteroatoms. The molecule has 0 atom stereocenters. The number of nitrogens with zero attached hydrogens (tertiary/aromatic N) is 2. The number of carbonyl (C=O) groups is 3. The van der Waals surface area contributed by atoms with E-state index in [0.29, 0.717) is 24.3 Å². The summed E-state index contributed by atoms with van der Waals surface area (Å²) in [6.45, 7) is 1.76. The van der Waals surface area contributed by atoms with Crippen LogP contribution >= 0.6 is 11.3 Å². The first-order valence-corrected chi connectivity index (χ1v) is 9.33. The van der Waals surface area contributed by atoms with Gasteiger partial charge in [0, 0.05) is 35.4 Å². The highest BCUT2D eigenvalue weighted by Gasteiger charge is 2.21. The maximum Gasteiger partial charge on any atom is 0.326 e. The van der Waals surface area contributed by atoms with Gasteiger partial charge in [0.25, 0.3) is 5.91 Å². The summed E-state index contributed by atoms with van der Waals surface area (Å²) < 4.78 is 6.21. The molecule has 1 fully saturated rings. The van der Waals surface area contributed by atoms with Crippen LogP contribution in [0.3, 0.4) is 0 Å². The zero-order chi connectivity index (χ0) is 19.4. The Balaban J connectivity index is 1.48. The Morgan fingerprint density at radius 3 is 2.56 bits per heavy atom. The van der Waals surface area contributed by atoms with Gasteiger partial charge < -0.3 is 15.0 Å². The topological polar surface area (TPSA) is 97.7 Å². The monoisotopic (exact) mass is 389 g/mol. The quantitative estimate of drug-likeness (QED) is 0.756. The third-order valence-electron chi connectivity index (χ3n) is 4.16. The van der Waals surface area contributed by atoms with Crippen molar-refractivity contribution in [3.05, 3.63) is 45.0 Å². The average molecular weight is 389 g/mol. The molecule has 2 aromatic rings. The van der Waals surface area contributed by atoms with Gasteiger partial charge in [-0.1, -0.05) is 11.3 Å². The largest absolute Gasteiger partial charge is 0.454 e. The highest BCUT2D eigenvalue weighted by atomic mass is 32.1. The third-order valence-corrected chi connectivity index (χ3v) is 5.05. The first-order valence-electron chi connectivity index (χ1n) is 8.45. The van der Waals surface area contributed by atoms with E-state index in [1.54, 1.807) is 41.5 Å². The number of aromatic nitrogens is 1. The Labute approximate surface area is 159 Å². The van der Waals surface area contributed by atoms with Gasteiger partial charge in [-0.3, -0.25) is 23.7 Å². The SMILES string of the molecule is Cc1csc(=O)n1CC(=O)OCC(=O)Nc1ccc(N2CCCC2=O)cc1. The van der Waals surface area contributed by atoms with E-state index in [1.165, 1.54) is 4.57 Å². The molecule has 27 heavy (non-hydrogen) atoms. The van der Waals surface area contributed by atoms with E-state index >= 15 is 0 Å². The van der Waals surface area contributed by atoms with Gasteiger partial charge in [0.2, 0.25) is 5.91 Å². The Kier molecular flexibility index (Phi) is 5.70. The van der Waals surface area contributed by atoms with Crippen LogP contribution in [0.2, 0.25) is 0 Å². The molecule has 0 unspecified atom stereocenters. The minimum absolute atomic E-state index is 0.0960. The fourth-order valence-electron chi connectivity index (χ4n) is 2.76. The van der Waals surface area contributed by atoms with Gasteiger partial charge in [0.1, 0.15) is 6.54 Å². The zero-order valence-corrected chi connectivity index (χ0v) is 15.6. The van der Waals surface area contributed by atoms with Crippen molar-refractivity contribution in [2.75, 3.05) is 23.4 Å². The van der Waals surface area contributed by atoms with Crippen LogP contribution in [0.25, 0.3) is 0 Å². The molecule has 1 aliphatic rings. The average Bonchev–Trinajstić information content (AvgIpc) is 3.21. The number of hydrogen-bond donors (Lipinski definition) is 1. The van der Waals surface area contributed by atoms with Crippen LogP contribution in [0.5, 0.6) is 0 Å². The predicted molar refractivity (Wildman–Crippen MR) is 101 cm³/mol. The van der Waals surface area contributed by atoms with Gasteiger partial charge >= 0.3 is 10.8 Å². The fraction of sp³-hybridized carbons (Fsp3) is 0.333. The summed E-state index contributed by atoms with van der Waals surface area (Å²) >= 11 is 1.01. The molecule has 1 saturated heterocycles. The lowest BCUT2D eigenvalue weighted by Gasteiger charge is -2.16. The molecule has 0 radical (unpaired) electrons. The van der Waals surface area contributed by atoms with Crippen molar-refractivity contribution in [1.82, 2.24) is 4.57 Å². The van der Waals surface area contributed by atoms with E-state index in [2.05, 4.69) is 5.32 Å². The second-order valence-electron chi connectivity index (χ2n) is 6.13. The van der Waals surface area contributed by atoms with Crippen molar-refractivity contribution in [2.45, 2.75) is 26.3 Å². The number of ether oxygens (including phenoxy) is 1. The van der Waals surface area contributed by atoms with E-state index < -0.39 is 18.5 Å². The molecule has 0 aliphatic carbocycles. The Morgan fingerprint density at radius 1 is 1.22 bits per heavy atom. The molecule has 1 aromatic heterocycles. The van der Waals surface area contributed by atoms with Crippen LogP contribution in [0.1, 0.15) is 18.5 Å². The number of rotatable bonds is 6. The highest BCUT2D eigenvalue weighted by molar-refractivity contribution is 7.07. The molecule has 8 nitrogen and oxygen atoms in total. The van der Waals surface area contributed by atoms with Crippen molar-refractivity contribution in [3.63, 3.8) is 0 Å². The molecule has 0 bridgehead atoms. The number of esters is 1. The van der Waals surface area contributed by atoms with E-state index in [-0.39, 0.29) is 17.3 Å². The van der Waals surface area contributed by atoms with Gasteiger partial charge in [0.05, 0.1) is 0 Å². The third kappa shape index (κ3) is 4.62. The van der Waals surface area contributed by atoms with E-state index in [1.807, 2.05) is 0 Å².